The predicted octanol–water partition coefficient (Wildman–Crippen LogP) is 1.88. The highest BCUT2D eigenvalue weighted by Gasteiger charge is 2.30. The van der Waals surface area contributed by atoms with E-state index in [0.29, 0.717) is 30.5 Å². The van der Waals surface area contributed by atoms with Crippen LogP contribution in [0.15, 0.2) is 30.5 Å². The quantitative estimate of drug-likeness (QED) is 0.683. The fraction of sp³-hybridized carbons (Fsp3) is 0.438. The lowest BCUT2D eigenvalue weighted by molar-refractivity contribution is -0.137. The normalized spacial score (nSPS) is 12.1. The van der Waals surface area contributed by atoms with Crippen molar-refractivity contribution in [3.63, 3.8) is 0 Å². The van der Waals surface area contributed by atoms with Gasteiger partial charge >= 0.3 is 6.18 Å². The monoisotopic (exact) mass is 341 g/mol. The molecule has 0 saturated carbocycles. The summed E-state index contributed by atoms with van der Waals surface area (Å²) in [5.74, 6) is 0. The Morgan fingerprint density at radius 2 is 1.75 bits per heavy atom. The van der Waals surface area contributed by atoms with Gasteiger partial charge in [-0.05, 0) is 18.2 Å². The molecule has 5 N–H and O–H groups in total. The smallest absolute Gasteiger partial charge is 0.383 e. The maximum atomic E-state index is 12.8. The number of aromatic nitrogens is 1. The third-order valence-corrected chi connectivity index (χ3v) is 3.70. The number of pyridine rings is 1. The van der Waals surface area contributed by atoms with E-state index in [1.165, 1.54) is 12.3 Å². The van der Waals surface area contributed by atoms with Gasteiger partial charge in [-0.3, -0.25) is 9.88 Å². The van der Waals surface area contributed by atoms with Gasteiger partial charge in [-0.25, -0.2) is 0 Å². The van der Waals surface area contributed by atoms with Crippen LogP contribution in [0.1, 0.15) is 5.56 Å². The van der Waals surface area contributed by atoms with E-state index in [4.69, 9.17) is 11.5 Å². The molecule has 0 atom stereocenters. The van der Waals surface area contributed by atoms with Crippen molar-refractivity contribution in [1.29, 1.82) is 0 Å². The molecule has 0 aliphatic heterocycles. The molecular formula is C16H22F3N5. The van der Waals surface area contributed by atoms with Gasteiger partial charge in [0.1, 0.15) is 0 Å². The molecule has 0 radical (unpaired) electrons. The highest BCUT2D eigenvalue weighted by atomic mass is 19.4. The fourth-order valence-corrected chi connectivity index (χ4v) is 2.53. The van der Waals surface area contributed by atoms with Crippen molar-refractivity contribution >= 4 is 16.6 Å². The molecule has 2 rings (SSSR count). The summed E-state index contributed by atoms with van der Waals surface area (Å²) in [5, 5.41) is 3.91. The van der Waals surface area contributed by atoms with E-state index >= 15 is 0 Å². The molecule has 5 nitrogen and oxygen atoms in total. The van der Waals surface area contributed by atoms with Gasteiger partial charge in [0.05, 0.1) is 11.1 Å². The van der Waals surface area contributed by atoms with Crippen molar-refractivity contribution in [2.24, 2.45) is 11.5 Å². The Hall–Kier alpha value is -1.90. The highest BCUT2D eigenvalue weighted by molar-refractivity contribution is 5.91. The van der Waals surface area contributed by atoms with Crippen LogP contribution in [-0.4, -0.2) is 49.2 Å². The number of alkyl halides is 3. The van der Waals surface area contributed by atoms with Crippen molar-refractivity contribution < 1.29 is 13.2 Å². The second-order valence-corrected chi connectivity index (χ2v) is 5.43. The summed E-state index contributed by atoms with van der Waals surface area (Å²) in [6.07, 6.45) is -2.87. The van der Waals surface area contributed by atoms with Crippen molar-refractivity contribution in [1.82, 2.24) is 9.88 Å². The van der Waals surface area contributed by atoms with Gasteiger partial charge in [-0.15, -0.1) is 0 Å². The van der Waals surface area contributed by atoms with E-state index in [0.717, 1.165) is 37.5 Å². The maximum absolute atomic E-state index is 12.8. The zero-order valence-corrected chi connectivity index (χ0v) is 13.3. The van der Waals surface area contributed by atoms with E-state index < -0.39 is 11.7 Å². The first-order valence-corrected chi connectivity index (χ1v) is 7.78. The molecule has 1 aromatic heterocycles. The SMILES string of the molecule is NCCN(CCN)CCNc1ccnc2cc(C(F)(F)F)ccc12. The number of fused-ring (bicyclic) bond motifs is 1. The van der Waals surface area contributed by atoms with E-state index in [1.807, 2.05) is 0 Å². The fourth-order valence-electron chi connectivity index (χ4n) is 2.53. The molecule has 0 aliphatic carbocycles. The lowest BCUT2D eigenvalue weighted by atomic mass is 10.1. The minimum absolute atomic E-state index is 0.315. The molecule has 0 saturated heterocycles. The number of nitrogens with two attached hydrogens (primary N) is 2. The lowest BCUT2D eigenvalue weighted by Gasteiger charge is -2.21. The van der Waals surface area contributed by atoms with Crippen LogP contribution in [0, 0.1) is 0 Å². The third-order valence-electron chi connectivity index (χ3n) is 3.70. The van der Waals surface area contributed by atoms with Crippen LogP contribution in [-0.2, 0) is 6.18 Å². The summed E-state index contributed by atoms with van der Waals surface area (Å²) in [6.45, 7) is 4.01. The summed E-state index contributed by atoms with van der Waals surface area (Å²) >= 11 is 0. The number of hydrogen-bond donors (Lipinski definition) is 3. The molecule has 0 amide bonds. The summed E-state index contributed by atoms with van der Waals surface area (Å²) in [7, 11) is 0. The maximum Gasteiger partial charge on any atom is 0.416 e. The summed E-state index contributed by atoms with van der Waals surface area (Å²) in [6, 6.07) is 5.34. The average Bonchev–Trinajstić information content (AvgIpc) is 2.54. The minimum Gasteiger partial charge on any atom is -0.383 e. The second-order valence-electron chi connectivity index (χ2n) is 5.43. The molecule has 132 valence electrons. The Labute approximate surface area is 138 Å². The number of nitrogens with zero attached hydrogens (tertiary/aromatic N) is 2. The first-order chi connectivity index (χ1) is 11.5. The zero-order valence-electron chi connectivity index (χ0n) is 13.3. The third kappa shape index (κ3) is 4.80. The van der Waals surface area contributed by atoms with Gasteiger partial charge in [-0.2, -0.15) is 13.2 Å². The Morgan fingerprint density at radius 3 is 2.38 bits per heavy atom. The number of nitrogens with one attached hydrogen (secondary N) is 1. The zero-order chi connectivity index (χ0) is 17.6. The van der Waals surface area contributed by atoms with E-state index in [-0.39, 0.29) is 0 Å². The summed E-state index contributed by atoms with van der Waals surface area (Å²) in [5.41, 5.74) is 11.5. The van der Waals surface area contributed by atoms with Gasteiger partial charge in [-0.1, -0.05) is 6.07 Å². The van der Waals surface area contributed by atoms with Gasteiger partial charge in [0.25, 0.3) is 0 Å². The van der Waals surface area contributed by atoms with E-state index in [1.54, 1.807) is 6.07 Å². The topological polar surface area (TPSA) is 80.2 Å². The van der Waals surface area contributed by atoms with Crippen molar-refractivity contribution in [3.8, 4) is 0 Å². The van der Waals surface area contributed by atoms with E-state index in [9.17, 15) is 13.2 Å². The molecule has 1 heterocycles. The van der Waals surface area contributed by atoms with Crippen LogP contribution in [0.25, 0.3) is 10.9 Å². The summed E-state index contributed by atoms with van der Waals surface area (Å²) in [4.78, 5) is 6.17. The standard InChI is InChI=1S/C16H22F3N5/c17-16(18,19)12-1-2-13-14(3-6-22-15(13)11-12)23-7-10-24(8-4-20)9-5-21/h1-3,6,11H,4-5,7-10,20-21H2,(H,22,23). The molecule has 0 unspecified atom stereocenters. The van der Waals surface area contributed by atoms with Crippen LogP contribution in [0.5, 0.6) is 0 Å². The molecular weight excluding hydrogens is 319 g/mol. The number of anilines is 1. The van der Waals surface area contributed by atoms with Crippen LogP contribution in [0.3, 0.4) is 0 Å². The molecule has 1 aromatic carbocycles. The molecule has 8 heteroatoms. The molecule has 2 aromatic rings. The number of benzene rings is 1. The second kappa shape index (κ2) is 8.27. The first-order valence-electron chi connectivity index (χ1n) is 7.78. The molecule has 0 spiro atoms. The van der Waals surface area contributed by atoms with E-state index in [2.05, 4.69) is 15.2 Å². The number of halogens is 3. The van der Waals surface area contributed by atoms with Crippen LogP contribution in [0.2, 0.25) is 0 Å². The first kappa shape index (κ1) is 18.4. The molecule has 0 fully saturated rings. The van der Waals surface area contributed by atoms with Crippen molar-refractivity contribution in [3.05, 3.63) is 36.0 Å². The lowest BCUT2D eigenvalue weighted by Crippen LogP contribution is -2.37. The molecule has 0 bridgehead atoms. The molecule has 24 heavy (non-hydrogen) atoms. The van der Waals surface area contributed by atoms with Crippen molar-refractivity contribution in [2.45, 2.75) is 6.18 Å². The Balaban J connectivity index is 2.09. The van der Waals surface area contributed by atoms with Gasteiger partial charge in [0.15, 0.2) is 0 Å². The van der Waals surface area contributed by atoms with Crippen LogP contribution in [0.4, 0.5) is 18.9 Å². The van der Waals surface area contributed by atoms with Gasteiger partial charge in [0.2, 0.25) is 0 Å². The minimum atomic E-state index is -4.37. The van der Waals surface area contributed by atoms with Crippen molar-refractivity contribution in [2.75, 3.05) is 44.6 Å². The van der Waals surface area contributed by atoms with Crippen LogP contribution < -0.4 is 16.8 Å². The largest absolute Gasteiger partial charge is 0.416 e. The number of hydrogen-bond acceptors (Lipinski definition) is 5. The number of rotatable bonds is 8. The molecule has 0 aliphatic rings. The Morgan fingerprint density at radius 1 is 1.04 bits per heavy atom. The van der Waals surface area contributed by atoms with Gasteiger partial charge < -0.3 is 16.8 Å². The van der Waals surface area contributed by atoms with Gasteiger partial charge in [0, 0.05) is 56.5 Å². The predicted molar refractivity (Wildman–Crippen MR) is 89.8 cm³/mol. The average molecular weight is 341 g/mol. The summed E-state index contributed by atoms with van der Waals surface area (Å²) < 4.78 is 38.4. The Kier molecular flexibility index (Phi) is 6.36. The van der Waals surface area contributed by atoms with Crippen LogP contribution >= 0.6 is 0 Å². The highest BCUT2D eigenvalue weighted by Crippen LogP contribution is 2.32. The Bertz CT molecular complexity index is 654.